The van der Waals surface area contributed by atoms with E-state index in [9.17, 15) is 0 Å². The Hall–Kier alpha value is 0.130. The van der Waals surface area contributed by atoms with E-state index >= 15 is 0 Å². The van der Waals surface area contributed by atoms with Gasteiger partial charge in [0, 0.05) is 9.62 Å². The smallest absolute Gasteiger partial charge is 0.0571 e. The standard InChI is InChI=1S/C11H17IN2/c12-9-5-6-10(13)11(14,7-9)8-3-1-2-4-8/h5-8,10H,1-4,13-14H2. The maximum atomic E-state index is 6.44. The zero-order valence-corrected chi connectivity index (χ0v) is 10.4. The van der Waals surface area contributed by atoms with Crippen molar-refractivity contribution in [3.63, 3.8) is 0 Å². The van der Waals surface area contributed by atoms with Crippen LogP contribution in [0.3, 0.4) is 0 Å². The highest BCUT2D eigenvalue weighted by molar-refractivity contribution is 14.1. The molecule has 0 bridgehead atoms. The van der Waals surface area contributed by atoms with Gasteiger partial charge in [-0.3, -0.25) is 0 Å². The molecule has 2 aliphatic rings. The first-order chi connectivity index (χ1) is 6.63. The molecule has 2 atom stereocenters. The normalized spacial score (nSPS) is 38.8. The maximum Gasteiger partial charge on any atom is 0.0571 e. The van der Waals surface area contributed by atoms with Crippen LogP contribution < -0.4 is 11.5 Å². The summed E-state index contributed by atoms with van der Waals surface area (Å²) >= 11 is 2.32. The zero-order valence-electron chi connectivity index (χ0n) is 8.25. The van der Waals surface area contributed by atoms with E-state index in [-0.39, 0.29) is 11.6 Å². The van der Waals surface area contributed by atoms with Crippen molar-refractivity contribution in [1.29, 1.82) is 0 Å². The van der Waals surface area contributed by atoms with Crippen molar-refractivity contribution in [3.05, 3.63) is 21.8 Å². The molecule has 4 N–H and O–H groups in total. The molecule has 0 aliphatic heterocycles. The third-order valence-corrected chi connectivity index (χ3v) is 4.16. The lowest BCUT2D eigenvalue weighted by Gasteiger charge is -2.38. The second-order valence-electron chi connectivity index (χ2n) is 4.40. The number of rotatable bonds is 1. The van der Waals surface area contributed by atoms with E-state index in [2.05, 4.69) is 34.7 Å². The van der Waals surface area contributed by atoms with E-state index in [1.54, 1.807) is 0 Å². The molecular weight excluding hydrogens is 287 g/mol. The van der Waals surface area contributed by atoms with E-state index in [0.717, 1.165) is 0 Å². The van der Waals surface area contributed by atoms with E-state index in [0.29, 0.717) is 5.92 Å². The summed E-state index contributed by atoms with van der Waals surface area (Å²) in [5.41, 5.74) is 12.2. The summed E-state index contributed by atoms with van der Waals surface area (Å²) in [7, 11) is 0. The van der Waals surface area contributed by atoms with Gasteiger partial charge >= 0.3 is 0 Å². The molecule has 3 heteroatoms. The Kier molecular flexibility index (Phi) is 3.00. The highest BCUT2D eigenvalue weighted by Crippen LogP contribution is 2.38. The Morgan fingerprint density at radius 3 is 2.64 bits per heavy atom. The van der Waals surface area contributed by atoms with Crippen LogP contribution in [-0.2, 0) is 0 Å². The van der Waals surface area contributed by atoms with Crippen LogP contribution in [0.1, 0.15) is 25.7 Å². The third kappa shape index (κ3) is 1.77. The van der Waals surface area contributed by atoms with Crippen LogP contribution in [0.4, 0.5) is 0 Å². The fraction of sp³-hybridized carbons (Fsp3) is 0.636. The van der Waals surface area contributed by atoms with E-state index < -0.39 is 0 Å². The van der Waals surface area contributed by atoms with E-state index in [1.807, 2.05) is 6.08 Å². The second kappa shape index (κ2) is 3.94. The molecule has 0 aromatic heterocycles. The predicted molar refractivity (Wildman–Crippen MR) is 68.1 cm³/mol. The summed E-state index contributed by atoms with van der Waals surface area (Å²) in [5, 5.41) is 0. The van der Waals surface area contributed by atoms with Gasteiger partial charge in [0.05, 0.1) is 5.54 Å². The minimum atomic E-state index is -0.290. The van der Waals surface area contributed by atoms with Gasteiger partial charge in [-0.05, 0) is 47.4 Å². The highest BCUT2D eigenvalue weighted by Gasteiger charge is 2.40. The SMILES string of the molecule is NC1C=CC(I)=CC1(N)C1CCCC1. The third-order valence-electron chi connectivity index (χ3n) is 3.49. The number of hydrogen-bond acceptors (Lipinski definition) is 2. The molecule has 0 heterocycles. The average molecular weight is 304 g/mol. The average Bonchev–Trinajstić information content (AvgIpc) is 2.65. The van der Waals surface area contributed by atoms with Crippen molar-refractivity contribution in [3.8, 4) is 0 Å². The van der Waals surface area contributed by atoms with Crippen LogP contribution in [0.25, 0.3) is 0 Å². The van der Waals surface area contributed by atoms with Crippen molar-refractivity contribution < 1.29 is 0 Å². The molecule has 14 heavy (non-hydrogen) atoms. The summed E-state index contributed by atoms with van der Waals surface area (Å²) < 4.78 is 1.22. The minimum absolute atomic E-state index is 0.0101. The molecule has 0 aromatic carbocycles. The molecule has 2 unspecified atom stereocenters. The second-order valence-corrected chi connectivity index (χ2v) is 5.64. The van der Waals surface area contributed by atoms with Crippen LogP contribution >= 0.6 is 22.6 Å². The van der Waals surface area contributed by atoms with Gasteiger partial charge in [0.2, 0.25) is 0 Å². The topological polar surface area (TPSA) is 52.0 Å². The first-order valence-electron chi connectivity index (χ1n) is 5.24. The Labute approximate surface area is 98.9 Å². The summed E-state index contributed by atoms with van der Waals surface area (Å²) in [6, 6.07) is -0.0101. The van der Waals surface area contributed by atoms with Crippen molar-refractivity contribution in [1.82, 2.24) is 0 Å². The number of nitrogens with two attached hydrogens (primary N) is 2. The first kappa shape index (κ1) is 10.6. The largest absolute Gasteiger partial charge is 0.323 e. The fourth-order valence-electron chi connectivity index (χ4n) is 2.56. The molecule has 0 radical (unpaired) electrons. The monoisotopic (exact) mass is 304 g/mol. The molecule has 1 saturated carbocycles. The van der Waals surface area contributed by atoms with Crippen molar-refractivity contribution in [2.75, 3.05) is 0 Å². The fourth-order valence-corrected chi connectivity index (χ4v) is 3.31. The number of hydrogen-bond donors (Lipinski definition) is 2. The Balaban J connectivity index is 2.24. The van der Waals surface area contributed by atoms with Gasteiger partial charge < -0.3 is 11.5 Å². The maximum absolute atomic E-state index is 6.44. The van der Waals surface area contributed by atoms with Crippen LogP contribution in [0, 0.1) is 5.92 Å². The van der Waals surface area contributed by atoms with Crippen LogP contribution in [0.2, 0.25) is 0 Å². The summed E-state index contributed by atoms with van der Waals surface area (Å²) in [6.07, 6.45) is 11.4. The van der Waals surface area contributed by atoms with Crippen molar-refractivity contribution in [2.24, 2.45) is 17.4 Å². The van der Waals surface area contributed by atoms with Gasteiger partial charge in [-0.2, -0.15) is 0 Å². The first-order valence-corrected chi connectivity index (χ1v) is 6.32. The summed E-state index contributed by atoms with van der Waals surface area (Å²) in [4.78, 5) is 0. The van der Waals surface area contributed by atoms with Crippen molar-refractivity contribution >= 4 is 22.6 Å². The Morgan fingerprint density at radius 1 is 1.36 bits per heavy atom. The molecule has 78 valence electrons. The molecule has 0 amide bonds. The molecule has 0 aromatic rings. The molecule has 2 nitrogen and oxygen atoms in total. The Bertz CT molecular complexity index is 279. The van der Waals surface area contributed by atoms with Gasteiger partial charge in [-0.1, -0.05) is 25.0 Å². The lowest BCUT2D eigenvalue weighted by Crippen LogP contribution is -2.58. The van der Waals surface area contributed by atoms with Gasteiger partial charge in [0.1, 0.15) is 0 Å². The quantitative estimate of drug-likeness (QED) is 0.729. The molecule has 2 rings (SSSR count). The molecule has 2 aliphatic carbocycles. The number of allylic oxidation sites excluding steroid dienone is 2. The van der Waals surface area contributed by atoms with Gasteiger partial charge in [-0.15, -0.1) is 0 Å². The molecule has 1 fully saturated rings. The number of halogens is 1. The van der Waals surface area contributed by atoms with E-state index in [4.69, 9.17) is 11.5 Å². The van der Waals surface area contributed by atoms with Crippen LogP contribution in [-0.4, -0.2) is 11.6 Å². The predicted octanol–water partition coefficient (Wildman–Crippen LogP) is 2.09. The summed E-state index contributed by atoms with van der Waals surface area (Å²) in [6.45, 7) is 0. The molecule has 0 saturated heterocycles. The minimum Gasteiger partial charge on any atom is -0.323 e. The van der Waals surface area contributed by atoms with Gasteiger partial charge in [-0.25, -0.2) is 0 Å². The molecule has 0 spiro atoms. The molecular formula is C11H17IN2. The lowest BCUT2D eigenvalue weighted by atomic mass is 9.76. The highest BCUT2D eigenvalue weighted by atomic mass is 127. The van der Waals surface area contributed by atoms with Crippen LogP contribution in [0.5, 0.6) is 0 Å². The van der Waals surface area contributed by atoms with Crippen LogP contribution in [0.15, 0.2) is 21.8 Å². The van der Waals surface area contributed by atoms with Gasteiger partial charge in [0.25, 0.3) is 0 Å². The zero-order chi connectivity index (χ0) is 10.2. The van der Waals surface area contributed by atoms with Gasteiger partial charge in [0.15, 0.2) is 0 Å². The summed E-state index contributed by atoms with van der Waals surface area (Å²) in [5.74, 6) is 0.576. The van der Waals surface area contributed by atoms with Crippen molar-refractivity contribution in [2.45, 2.75) is 37.3 Å². The lowest BCUT2D eigenvalue weighted by molar-refractivity contribution is 0.309. The van der Waals surface area contributed by atoms with E-state index in [1.165, 1.54) is 29.3 Å². The Morgan fingerprint density at radius 2 is 2.00 bits per heavy atom.